The van der Waals surface area contributed by atoms with Crippen LogP contribution in [0.25, 0.3) is 0 Å². The Bertz CT molecular complexity index is 211. The quantitative estimate of drug-likeness (QED) is 0.651. The number of nitrogens with zero attached hydrogens (tertiary/aromatic N) is 1. The van der Waals surface area contributed by atoms with Crippen LogP contribution in [0.15, 0.2) is 24.4 Å². The molecule has 1 heterocycles. The Morgan fingerprint density at radius 1 is 1.07 bits per heavy atom. The SMILES string of the molecule is CCCCCCCc1ccccn1.Cl. The fraction of sp³-hybridized carbons (Fsp3) is 0.583. The van der Waals surface area contributed by atoms with Crippen molar-refractivity contribution in [1.82, 2.24) is 4.98 Å². The van der Waals surface area contributed by atoms with Gasteiger partial charge in [0.25, 0.3) is 0 Å². The monoisotopic (exact) mass is 213 g/mol. The molecule has 0 N–H and O–H groups in total. The summed E-state index contributed by atoms with van der Waals surface area (Å²) in [5.41, 5.74) is 1.24. The van der Waals surface area contributed by atoms with E-state index in [1.165, 1.54) is 37.8 Å². The van der Waals surface area contributed by atoms with Gasteiger partial charge >= 0.3 is 0 Å². The lowest BCUT2D eigenvalue weighted by Gasteiger charge is -1.99. The van der Waals surface area contributed by atoms with Crippen molar-refractivity contribution in [2.45, 2.75) is 45.4 Å². The molecule has 0 fully saturated rings. The van der Waals surface area contributed by atoms with Crippen LogP contribution in [0, 0.1) is 0 Å². The molecule has 0 aliphatic rings. The zero-order chi connectivity index (χ0) is 9.36. The summed E-state index contributed by atoms with van der Waals surface area (Å²) in [6.07, 6.45) is 9.74. The van der Waals surface area contributed by atoms with Crippen molar-refractivity contribution in [1.29, 1.82) is 0 Å². The summed E-state index contributed by atoms with van der Waals surface area (Å²) in [6.45, 7) is 2.25. The third-order valence-electron chi connectivity index (χ3n) is 2.26. The van der Waals surface area contributed by atoms with Crippen LogP contribution in [0.3, 0.4) is 0 Å². The van der Waals surface area contributed by atoms with E-state index in [0.717, 1.165) is 6.42 Å². The molecule has 2 heteroatoms. The van der Waals surface area contributed by atoms with Crippen LogP contribution in [0.2, 0.25) is 0 Å². The van der Waals surface area contributed by atoms with Crippen molar-refractivity contribution in [3.63, 3.8) is 0 Å². The number of halogens is 1. The van der Waals surface area contributed by atoms with E-state index in [9.17, 15) is 0 Å². The molecule has 0 aliphatic carbocycles. The number of unbranched alkanes of at least 4 members (excludes halogenated alkanes) is 4. The van der Waals surface area contributed by atoms with Gasteiger partial charge in [-0.05, 0) is 25.0 Å². The molecule has 0 atom stereocenters. The second-order valence-electron chi connectivity index (χ2n) is 3.49. The highest BCUT2D eigenvalue weighted by Gasteiger charge is 1.92. The molecular formula is C12H20ClN. The second kappa shape index (κ2) is 9.01. The van der Waals surface area contributed by atoms with Gasteiger partial charge in [0.2, 0.25) is 0 Å². The van der Waals surface area contributed by atoms with Gasteiger partial charge in [-0.1, -0.05) is 38.7 Å². The Kier molecular flexibility index (Phi) is 8.65. The van der Waals surface area contributed by atoms with Gasteiger partial charge in [-0.2, -0.15) is 0 Å². The van der Waals surface area contributed by atoms with Gasteiger partial charge in [0, 0.05) is 11.9 Å². The Morgan fingerprint density at radius 2 is 1.86 bits per heavy atom. The standard InChI is InChI=1S/C12H19N.ClH/c1-2-3-4-5-6-9-12-10-7-8-11-13-12;/h7-8,10-11H,2-6,9H2,1H3;1H. The van der Waals surface area contributed by atoms with Gasteiger partial charge in [-0.15, -0.1) is 12.4 Å². The number of aryl methyl sites for hydroxylation is 1. The maximum atomic E-state index is 4.30. The summed E-state index contributed by atoms with van der Waals surface area (Å²) < 4.78 is 0. The number of hydrogen-bond acceptors (Lipinski definition) is 1. The molecule has 0 saturated heterocycles. The first-order valence-corrected chi connectivity index (χ1v) is 5.33. The Morgan fingerprint density at radius 3 is 2.50 bits per heavy atom. The normalized spacial score (nSPS) is 9.50. The zero-order valence-corrected chi connectivity index (χ0v) is 9.72. The lowest BCUT2D eigenvalue weighted by atomic mass is 10.1. The van der Waals surface area contributed by atoms with Crippen molar-refractivity contribution in [3.05, 3.63) is 30.1 Å². The molecule has 0 unspecified atom stereocenters. The average molecular weight is 214 g/mol. The molecule has 0 aliphatic heterocycles. The highest BCUT2D eigenvalue weighted by Crippen LogP contribution is 2.06. The topological polar surface area (TPSA) is 12.9 Å². The third-order valence-corrected chi connectivity index (χ3v) is 2.26. The summed E-state index contributed by atoms with van der Waals surface area (Å²) in [6, 6.07) is 6.15. The summed E-state index contributed by atoms with van der Waals surface area (Å²) in [7, 11) is 0. The first-order valence-electron chi connectivity index (χ1n) is 5.33. The highest BCUT2D eigenvalue weighted by atomic mass is 35.5. The van der Waals surface area contributed by atoms with Gasteiger partial charge in [-0.3, -0.25) is 4.98 Å². The van der Waals surface area contributed by atoms with E-state index < -0.39 is 0 Å². The Labute approximate surface area is 93.4 Å². The summed E-state index contributed by atoms with van der Waals surface area (Å²) in [4.78, 5) is 4.30. The first kappa shape index (κ1) is 13.4. The minimum Gasteiger partial charge on any atom is -0.261 e. The summed E-state index contributed by atoms with van der Waals surface area (Å²) in [5, 5.41) is 0. The van der Waals surface area contributed by atoms with Crippen LogP contribution >= 0.6 is 12.4 Å². The second-order valence-corrected chi connectivity index (χ2v) is 3.49. The van der Waals surface area contributed by atoms with Crippen molar-refractivity contribution >= 4 is 12.4 Å². The molecule has 0 amide bonds. The number of pyridine rings is 1. The Hall–Kier alpha value is -0.560. The van der Waals surface area contributed by atoms with Gasteiger partial charge < -0.3 is 0 Å². The van der Waals surface area contributed by atoms with Crippen LogP contribution in [0.1, 0.15) is 44.7 Å². The maximum absolute atomic E-state index is 4.30. The van der Waals surface area contributed by atoms with Crippen LogP contribution < -0.4 is 0 Å². The molecule has 0 aromatic carbocycles. The van der Waals surface area contributed by atoms with Gasteiger partial charge in [0.1, 0.15) is 0 Å². The molecule has 14 heavy (non-hydrogen) atoms. The molecule has 1 nitrogen and oxygen atoms in total. The van der Waals surface area contributed by atoms with E-state index in [4.69, 9.17) is 0 Å². The average Bonchev–Trinajstić information content (AvgIpc) is 2.19. The summed E-state index contributed by atoms with van der Waals surface area (Å²) >= 11 is 0. The van der Waals surface area contributed by atoms with Crippen LogP contribution in [-0.4, -0.2) is 4.98 Å². The predicted molar refractivity (Wildman–Crippen MR) is 63.9 cm³/mol. The van der Waals surface area contributed by atoms with Crippen LogP contribution in [-0.2, 0) is 6.42 Å². The van der Waals surface area contributed by atoms with E-state index >= 15 is 0 Å². The van der Waals surface area contributed by atoms with Crippen molar-refractivity contribution < 1.29 is 0 Å². The number of hydrogen-bond donors (Lipinski definition) is 0. The molecule has 0 bridgehead atoms. The Balaban J connectivity index is 0.00000169. The van der Waals surface area contributed by atoms with Crippen LogP contribution in [0.5, 0.6) is 0 Å². The molecule has 1 aromatic rings. The lowest BCUT2D eigenvalue weighted by Crippen LogP contribution is -1.88. The molecule has 0 radical (unpaired) electrons. The molecular weight excluding hydrogens is 194 g/mol. The number of aromatic nitrogens is 1. The van der Waals surface area contributed by atoms with E-state index in [2.05, 4.69) is 24.0 Å². The summed E-state index contributed by atoms with van der Waals surface area (Å²) in [5.74, 6) is 0. The van der Waals surface area contributed by atoms with Crippen molar-refractivity contribution in [3.8, 4) is 0 Å². The van der Waals surface area contributed by atoms with Crippen molar-refractivity contribution in [2.75, 3.05) is 0 Å². The molecule has 1 aromatic heterocycles. The fourth-order valence-corrected chi connectivity index (χ4v) is 1.46. The first-order chi connectivity index (χ1) is 6.43. The third kappa shape index (κ3) is 5.98. The van der Waals surface area contributed by atoms with Gasteiger partial charge in [-0.25, -0.2) is 0 Å². The molecule has 0 spiro atoms. The van der Waals surface area contributed by atoms with Gasteiger partial charge in [0.15, 0.2) is 0 Å². The van der Waals surface area contributed by atoms with Crippen LogP contribution in [0.4, 0.5) is 0 Å². The van der Waals surface area contributed by atoms with E-state index in [0.29, 0.717) is 0 Å². The molecule has 0 saturated carbocycles. The molecule has 1 rings (SSSR count). The predicted octanol–water partition coefficient (Wildman–Crippen LogP) is 4.02. The highest BCUT2D eigenvalue weighted by molar-refractivity contribution is 5.85. The van der Waals surface area contributed by atoms with Gasteiger partial charge in [0.05, 0.1) is 0 Å². The largest absolute Gasteiger partial charge is 0.261 e. The minimum atomic E-state index is 0. The number of rotatable bonds is 6. The van der Waals surface area contributed by atoms with E-state index in [-0.39, 0.29) is 12.4 Å². The minimum absolute atomic E-state index is 0. The van der Waals surface area contributed by atoms with E-state index in [1.54, 1.807) is 0 Å². The van der Waals surface area contributed by atoms with E-state index in [1.807, 2.05) is 12.3 Å². The maximum Gasteiger partial charge on any atom is 0.0403 e. The molecule has 80 valence electrons. The van der Waals surface area contributed by atoms with Crippen molar-refractivity contribution in [2.24, 2.45) is 0 Å². The lowest BCUT2D eigenvalue weighted by molar-refractivity contribution is 0.628. The fourth-order valence-electron chi connectivity index (χ4n) is 1.46. The zero-order valence-electron chi connectivity index (χ0n) is 8.91. The smallest absolute Gasteiger partial charge is 0.0403 e.